The van der Waals surface area contributed by atoms with Gasteiger partial charge in [0.1, 0.15) is 11.6 Å². The molecule has 118 valence electrons. The molecule has 0 amide bonds. The molecule has 1 heterocycles. The maximum Gasteiger partial charge on any atom is 0.145 e. The van der Waals surface area contributed by atoms with Crippen LogP contribution in [0.2, 0.25) is 0 Å². The first-order valence-electron chi connectivity index (χ1n) is 7.26. The Morgan fingerprint density at radius 2 is 1.86 bits per heavy atom. The van der Waals surface area contributed by atoms with E-state index in [1.54, 1.807) is 0 Å². The molecule has 1 aromatic carbocycles. The van der Waals surface area contributed by atoms with Crippen molar-refractivity contribution < 1.29 is 8.78 Å². The zero-order valence-corrected chi connectivity index (χ0v) is 14.2. The molecule has 2 fully saturated rings. The number of piperazine rings is 1. The highest BCUT2D eigenvalue weighted by Gasteiger charge is 2.37. The highest BCUT2D eigenvalue weighted by atomic mass is 79.9. The maximum absolute atomic E-state index is 14.5. The Morgan fingerprint density at radius 1 is 1.19 bits per heavy atom. The molecule has 21 heavy (non-hydrogen) atoms. The van der Waals surface area contributed by atoms with Crippen molar-refractivity contribution in [3.63, 3.8) is 0 Å². The lowest BCUT2D eigenvalue weighted by atomic mass is 9.76. The van der Waals surface area contributed by atoms with Gasteiger partial charge in [0.05, 0.1) is 4.47 Å². The summed E-state index contributed by atoms with van der Waals surface area (Å²) in [6, 6.07) is 2.70. The lowest BCUT2D eigenvalue weighted by molar-refractivity contribution is 0.0783. The molecule has 0 radical (unpaired) electrons. The van der Waals surface area contributed by atoms with Gasteiger partial charge in [0, 0.05) is 37.8 Å². The van der Waals surface area contributed by atoms with Gasteiger partial charge in [-0.2, -0.15) is 0 Å². The van der Waals surface area contributed by atoms with Crippen LogP contribution in [0, 0.1) is 17.6 Å². The highest BCUT2D eigenvalue weighted by molar-refractivity contribution is 9.10. The molecule has 0 aromatic heterocycles. The minimum Gasteiger partial charge on any atom is -0.314 e. The van der Waals surface area contributed by atoms with Crippen LogP contribution < -0.4 is 5.32 Å². The summed E-state index contributed by atoms with van der Waals surface area (Å²) in [6.07, 6.45) is 3.31. The lowest BCUT2D eigenvalue weighted by Gasteiger charge is -2.43. The second-order valence-corrected chi connectivity index (χ2v) is 6.53. The molecular weight excluding hydrogens is 362 g/mol. The minimum atomic E-state index is -0.430. The third-order valence-electron chi connectivity index (χ3n) is 4.52. The molecule has 0 bridgehead atoms. The predicted octanol–water partition coefficient (Wildman–Crippen LogP) is 3.90. The quantitative estimate of drug-likeness (QED) is 0.799. The summed E-state index contributed by atoms with van der Waals surface area (Å²) in [6.45, 7) is 3.49. The number of benzene rings is 1. The van der Waals surface area contributed by atoms with Crippen LogP contribution in [0.25, 0.3) is 0 Å². The smallest absolute Gasteiger partial charge is 0.145 e. The third kappa shape index (κ3) is 3.41. The number of nitrogens with one attached hydrogen (secondary N) is 1. The van der Waals surface area contributed by atoms with Crippen LogP contribution in [0.5, 0.6) is 0 Å². The van der Waals surface area contributed by atoms with Crippen molar-refractivity contribution in [3.8, 4) is 0 Å². The second kappa shape index (κ2) is 7.36. The van der Waals surface area contributed by atoms with Crippen molar-refractivity contribution in [1.82, 2.24) is 10.2 Å². The van der Waals surface area contributed by atoms with Crippen molar-refractivity contribution in [3.05, 3.63) is 33.8 Å². The molecule has 1 saturated carbocycles. The van der Waals surface area contributed by atoms with Gasteiger partial charge in [-0.05, 0) is 46.8 Å². The molecule has 1 atom stereocenters. The molecule has 0 unspecified atom stereocenters. The van der Waals surface area contributed by atoms with Crippen LogP contribution in [-0.2, 0) is 0 Å². The Balaban J connectivity index is 0.00000161. The second-order valence-electron chi connectivity index (χ2n) is 5.68. The molecule has 1 aliphatic carbocycles. The van der Waals surface area contributed by atoms with E-state index in [-0.39, 0.29) is 24.0 Å². The zero-order valence-electron chi connectivity index (χ0n) is 11.7. The van der Waals surface area contributed by atoms with Gasteiger partial charge in [0.15, 0.2) is 0 Å². The van der Waals surface area contributed by atoms with E-state index in [1.807, 2.05) is 0 Å². The predicted molar refractivity (Wildman–Crippen MR) is 85.8 cm³/mol. The van der Waals surface area contributed by atoms with Gasteiger partial charge >= 0.3 is 0 Å². The Kier molecular flexibility index (Phi) is 6.00. The fraction of sp³-hybridized carbons (Fsp3) is 0.600. The van der Waals surface area contributed by atoms with Crippen LogP contribution in [0.4, 0.5) is 8.78 Å². The van der Waals surface area contributed by atoms with Crippen molar-refractivity contribution in [2.45, 2.75) is 25.3 Å². The fourth-order valence-corrected chi connectivity index (χ4v) is 3.59. The zero-order chi connectivity index (χ0) is 14.1. The summed E-state index contributed by atoms with van der Waals surface area (Å²) in [4.78, 5) is 2.24. The fourth-order valence-electron chi connectivity index (χ4n) is 3.25. The topological polar surface area (TPSA) is 15.3 Å². The summed E-state index contributed by atoms with van der Waals surface area (Å²) in [7, 11) is 0. The Morgan fingerprint density at radius 3 is 2.43 bits per heavy atom. The molecule has 1 aliphatic heterocycles. The normalized spacial score (nSPS) is 21.5. The molecule has 1 saturated heterocycles. The minimum absolute atomic E-state index is 0. The van der Waals surface area contributed by atoms with Crippen molar-refractivity contribution in [1.29, 1.82) is 0 Å². The van der Waals surface area contributed by atoms with Crippen molar-refractivity contribution in [2.24, 2.45) is 5.92 Å². The molecular formula is C15H20BrClF2N2. The number of hydrogen-bond acceptors (Lipinski definition) is 2. The van der Waals surface area contributed by atoms with E-state index in [2.05, 4.69) is 26.1 Å². The molecule has 3 rings (SSSR count). The summed E-state index contributed by atoms with van der Waals surface area (Å²) in [5.74, 6) is -0.465. The van der Waals surface area contributed by atoms with Crippen molar-refractivity contribution >= 4 is 28.3 Å². The average molecular weight is 382 g/mol. The number of rotatable bonds is 3. The lowest BCUT2D eigenvalue weighted by Crippen LogP contribution is -2.48. The standard InChI is InChI=1S/C15H19BrF2N2.ClH/c16-11-4-5-12(17)13(14(11)18)15(10-2-1-3-10)20-8-6-19-7-9-20;/h4-5,10,15,19H,1-3,6-9H2;1H/t15-;/m1./s1. The van der Waals surface area contributed by atoms with Crippen LogP contribution in [0.3, 0.4) is 0 Å². The first kappa shape index (κ1) is 17.1. The van der Waals surface area contributed by atoms with Crippen LogP contribution in [0.15, 0.2) is 16.6 Å². The van der Waals surface area contributed by atoms with E-state index in [9.17, 15) is 8.78 Å². The van der Waals surface area contributed by atoms with Gasteiger partial charge in [-0.25, -0.2) is 8.78 Å². The largest absolute Gasteiger partial charge is 0.314 e. The van der Waals surface area contributed by atoms with E-state index in [0.29, 0.717) is 10.4 Å². The van der Waals surface area contributed by atoms with E-state index in [0.717, 1.165) is 39.0 Å². The van der Waals surface area contributed by atoms with Crippen LogP contribution in [0.1, 0.15) is 30.9 Å². The summed E-state index contributed by atoms with van der Waals surface area (Å²) < 4.78 is 29.1. The SMILES string of the molecule is Cl.Fc1ccc(Br)c(F)c1[C@@H](C1CCC1)N1CCNCC1. The van der Waals surface area contributed by atoms with E-state index in [1.165, 1.54) is 18.6 Å². The van der Waals surface area contributed by atoms with E-state index >= 15 is 0 Å². The van der Waals surface area contributed by atoms with Crippen molar-refractivity contribution in [2.75, 3.05) is 26.2 Å². The van der Waals surface area contributed by atoms with Gasteiger partial charge in [0.2, 0.25) is 0 Å². The van der Waals surface area contributed by atoms with E-state index in [4.69, 9.17) is 0 Å². The highest BCUT2D eigenvalue weighted by Crippen LogP contribution is 2.43. The molecule has 0 spiro atoms. The monoisotopic (exact) mass is 380 g/mol. The number of halogens is 4. The molecule has 1 aromatic rings. The van der Waals surface area contributed by atoms with E-state index < -0.39 is 11.6 Å². The number of nitrogens with zero attached hydrogens (tertiary/aromatic N) is 1. The Hall–Kier alpha value is -0.230. The van der Waals surface area contributed by atoms with Gasteiger partial charge < -0.3 is 5.32 Å². The summed E-state index contributed by atoms with van der Waals surface area (Å²) in [5.41, 5.74) is 0.256. The molecule has 2 nitrogen and oxygen atoms in total. The first-order chi connectivity index (χ1) is 9.68. The van der Waals surface area contributed by atoms with Gasteiger partial charge in [0.25, 0.3) is 0 Å². The first-order valence-corrected chi connectivity index (χ1v) is 8.06. The maximum atomic E-state index is 14.5. The molecule has 2 aliphatic rings. The van der Waals surface area contributed by atoms with Gasteiger partial charge in [-0.15, -0.1) is 12.4 Å². The van der Waals surface area contributed by atoms with Gasteiger partial charge in [-0.3, -0.25) is 4.90 Å². The Labute approximate surface area is 138 Å². The third-order valence-corrected chi connectivity index (χ3v) is 5.13. The molecule has 6 heteroatoms. The average Bonchev–Trinajstić information content (AvgIpc) is 2.41. The Bertz CT molecular complexity index is 491. The molecule has 1 N–H and O–H groups in total. The summed E-state index contributed by atoms with van der Waals surface area (Å²) in [5, 5.41) is 3.30. The number of hydrogen-bond donors (Lipinski definition) is 1. The van der Waals surface area contributed by atoms with Crippen LogP contribution >= 0.6 is 28.3 Å². The van der Waals surface area contributed by atoms with Crippen LogP contribution in [-0.4, -0.2) is 31.1 Å². The summed E-state index contributed by atoms with van der Waals surface area (Å²) >= 11 is 3.19. The van der Waals surface area contributed by atoms with Gasteiger partial charge in [-0.1, -0.05) is 6.42 Å².